The molecule has 1 amide bonds. The summed E-state index contributed by atoms with van der Waals surface area (Å²) in [5, 5.41) is 4.11. The molecule has 0 saturated carbocycles. The molecular formula is C23H25N5O2. The van der Waals surface area contributed by atoms with Crippen molar-refractivity contribution in [2.75, 3.05) is 26.1 Å². The molecule has 30 heavy (non-hydrogen) atoms. The average Bonchev–Trinajstić information content (AvgIpc) is 3.37. The van der Waals surface area contributed by atoms with Crippen LogP contribution in [0.2, 0.25) is 0 Å². The highest BCUT2D eigenvalue weighted by Gasteiger charge is 2.23. The first-order valence-electron chi connectivity index (χ1n) is 9.68. The number of imidazole rings is 1. The molecule has 0 spiro atoms. The maximum Gasteiger partial charge on any atom is 0.268 e. The predicted molar refractivity (Wildman–Crippen MR) is 118 cm³/mol. The maximum absolute atomic E-state index is 13.2. The van der Waals surface area contributed by atoms with E-state index in [4.69, 9.17) is 4.74 Å². The number of fused-ring (bicyclic) bond motifs is 1. The van der Waals surface area contributed by atoms with Crippen LogP contribution >= 0.6 is 0 Å². The number of aromatic amines is 1. The van der Waals surface area contributed by atoms with Gasteiger partial charge in [-0.25, -0.2) is 4.98 Å². The maximum atomic E-state index is 13.2. The van der Waals surface area contributed by atoms with Crippen LogP contribution in [-0.2, 0) is 7.05 Å². The molecule has 2 aromatic carbocycles. The third-order valence-corrected chi connectivity index (χ3v) is 5.19. The number of aromatic nitrogens is 3. The molecule has 0 bridgehead atoms. The van der Waals surface area contributed by atoms with Crippen LogP contribution in [-0.4, -0.2) is 41.6 Å². The number of H-pyrrole nitrogens is 1. The van der Waals surface area contributed by atoms with Crippen LogP contribution in [0.3, 0.4) is 0 Å². The number of nitrogens with zero attached hydrogens (tertiary/aromatic N) is 3. The van der Waals surface area contributed by atoms with Crippen molar-refractivity contribution in [3.63, 3.8) is 0 Å². The molecule has 7 heteroatoms. The Balaban J connectivity index is 1.68. The molecule has 2 heterocycles. The van der Waals surface area contributed by atoms with Gasteiger partial charge in [0.15, 0.2) is 0 Å². The first-order chi connectivity index (χ1) is 14.5. The number of aryl methyl sites for hydroxylation is 1. The average molecular weight is 403 g/mol. The first-order valence-corrected chi connectivity index (χ1v) is 9.68. The van der Waals surface area contributed by atoms with Crippen molar-refractivity contribution in [1.82, 2.24) is 19.9 Å². The van der Waals surface area contributed by atoms with E-state index in [-0.39, 0.29) is 5.91 Å². The lowest BCUT2D eigenvalue weighted by Gasteiger charge is -2.19. The van der Waals surface area contributed by atoms with E-state index in [0.29, 0.717) is 5.69 Å². The summed E-state index contributed by atoms with van der Waals surface area (Å²) in [5.74, 6) is 1.26. The third-order valence-electron chi connectivity index (χ3n) is 5.19. The Morgan fingerprint density at radius 1 is 1.20 bits per heavy atom. The van der Waals surface area contributed by atoms with Crippen molar-refractivity contribution < 1.29 is 9.53 Å². The van der Waals surface area contributed by atoms with Gasteiger partial charge in [-0.15, -0.1) is 0 Å². The summed E-state index contributed by atoms with van der Waals surface area (Å²) in [7, 11) is 7.51. The predicted octanol–water partition coefficient (Wildman–Crippen LogP) is 3.50. The van der Waals surface area contributed by atoms with Gasteiger partial charge in [-0.3, -0.25) is 4.79 Å². The van der Waals surface area contributed by atoms with Crippen LogP contribution < -0.4 is 15.0 Å². The molecule has 1 unspecified atom stereocenters. The molecule has 0 aliphatic carbocycles. The number of amides is 1. The van der Waals surface area contributed by atoms with Crippen molar-refractivity contribution in [3.8, 4) is 5.75 Å². The summed E-state index contributed by atoms with van der Waals surface area (Å²) in [4.78, 5) is 22.9. The SMILES string of the molecule is COc1cccc(C(NC(=O)c2cc3ccc(N(C)C)cc3[nH]2)c2nccn2C)c1. The first kappa shape index (κ1) is 19.6. The van der Waals surface area contributed by atoms with Crippen LogP contribution in [0.25, 0.3) is 10.9 Å². The summed E-state index contributed by atoms with van der Waals surface area (Å²) in [6.07, 6.45) is 3.58. The minimum atomic E-state index is -0.420. The van der Waals surface area contributed by atoms with Gasteiger partial charge in [-0.1, -0.05) is 18.2 Å². The Bertz CT molecular complexity index is 1190. The van der Waals surface area contributed by atoms with Gasteiger partial charge in [-0.2, -0.15) is 0 Å². The number of ether oxygens (including phenoxy) is 1. The molecule has 4 aromatic rings. The van der Waals surface area contributed by atoms with E-state index >= 15 is 0 Å². The van der Waals surface area contributed by atoms with E-state index in [0.717, 1.165) is 33.7 Å². The van der Waals surface area contributed by atoms with Gasteiger partial charge in [0.2, 0.25) is 0 Å². The topological polar surface area (TPSA) is 75.2 Å². The van der Waals surface area contributed by atoms with Gasteiger partial charge >= 0.3 is 0 Å². The standard InChI is InChI=1S/C23H25N5O2/c1-27(2)17-9-8-15-13-20(25-19(15)14-17)23(29)26-21(22-24-10-11-28(22)3)16-6-5-7-18(12-16)30-4/h5-14,21,25H,1-4H3,(H,26,29). The fourth-order valence-electron chi connectivity index (χ4n) is 3.50. The van der Waals surface area contributed by atoms with Crippen molar-refractivity contribution >= 4 is 22.5 Å². The molecule has 0 saturated heterocycles. The number of carbonyl (C=O) groups is 1. The second kappa shape index (κ2) is 7.94. The monoisotopic (exact) mass is 403 g/mol. The zero-order chi connectivity index (χ0) is 21.3. The van der Waals surface area contributed by atoms with Crippen molar-refractivity contribution in [2.24, 2.45) is 7.05 Å². The molecule has 2 aromatic heterocycles. The summed E-state index contributed by atoms with van der Waals surface area (Å²) in [6.45, 7) is 0. The largest absolute Gasteiger partial charge is 0.497 e. The summed E-state index contributed by atoms with van der Waals surface area (Å²) >= 11 is 0. The summed E-state index contributed by atoms with van der Waals surface area (Å²) in [6, 6.07) is 15.2. The minimum absolute atomic E-state index is 0.201. The zero-order valence-electron chi connectivity index (χ0n) is 17.5. The highest BCUT2D eigenvalue weighted by molar-refractivity contribution is 5.99. The molecule has 0 fully saturated rings. The van der Waals surface area contributed by atoms with E-state index < -0.39 is 6.04 Å². The van der Waals surface area contributed by atoms with Crippen LogP contribution in [0.1, 0.15) is 27.9 Å². The molecular weight excluding hydrogens is 378 g/mol. The van der Waals surface area contributed by atoms with E-state index in [1.165, 1.54) is 0 Å². The summed E-state index contributed by atoms with van der Waals surface area (Å²) < 4.78 is 7.26. The normalized spacial score (nSPS) is 12.0. The van der Waals surface area contributed by atoms with Gasteiger partial charge in [0, 0.05) is 50.1 Å². The number of hydrogen-bond acceptors (Lipinski definition) is 4. The van der Waals surface area contributed by atoms with Crippen LogP contribution in [0, 0.1) is 0 Å². The van der Waals surface area contributed by atoms with Crippen LogP contribution in [0.15, 0.2) is 60.9 Å². The minimum Gasteiger partial charge on any atom is -0.497 e. The lowest BCUT2D eigenvalue weighted by atomic mass is 10.1. The number of rotatable bonds is 6. The fourth-order valence-corrected chi connectivity index (χ4v) is 3.50. The van der Waals surface area contributed by atoms with Gasteiger partial charge in [0.25, 0.3) is 5.91 Å². The van der Waals surface area contributed by atoms with Crippen LogP contribution in [0.5, 0.6) is 5.75 Å². The lowest BCUT2D eigenvalue weighted by molar-refractivity contribution is 0.0937. The van der Waals surface area contributed by atoms with Gasteiger partial charge in [-0.05, 0) is 35.9 Å². The van der Waals surface area contributed by atoms with E-state index in [2.05, 4.69) is 15.3 Å². The second-order valence-electron chi connectivity index (χ2n) is 7.43. The zero-order valence-corrected chi connectivity index (χ0v) is 17.5. The molecule has 1 atom stereocenters. The fraction of sp³-hybridized carbons (Fsp3) is 0.217. The van der Waals surface area contributed by atoms with E-state index in [9.17, 15) is 4.79 Å². The number of carbonyl (C=O) groups excluding carboxylic acids is 1. The van der Waals surface area contributed by atoms with E-state index in [1.807, 2.05) is 85.3 Å². The van der Waals surface area contributed by atoms with Crippen molar-refractivity contribution in [1.29, 1.82) is 0 Å². The molecule has 7 nitrogen and oxygen atoms in total. The Morgan fingerprint density at radius 2 is 2.03 bits per heavy atom. The molecule has 0 aliphatic heterocycles. The number of hydrogen-bond donors (Lipinski definition) is 2. The Hall–Kier alpha value is -3.74. The molecule has 0 aliphatic rings. The van der Waals surface area contributed by atoms with Crippen LogP contribution in [0.4, 0.5) is 5.69 Å². The quantitative estimate of drug-likeness (QED) is 0.517. The Labute approximate surface area is 175 Å². The third kappa shape index (κ3) is 3.74. The number of methoxy groups -OCH3 is 1. The molecule has 4 rings (SSSR count). The Morgan fingerprint density at radius 3 is 2.73 bits per heavy atom. The number of benzene rings is 2. The molecule has 0 radical (unpaired) electrons. The summed E-state index contributed by atoms with van der Waals surface area (Å²) in [5.41, 5.74) is 3.38. The lowest BCUT2D eigenvalue weighted by Crippen LogP contribution is -2.31. The number of anilines is 1. The van der Waals surface area contributed by atoms with E-state index in [1.54, 1.807) is 13.3 Å². The molecule has 2 N–H and O–H groups in total. The van der Waals surface area contributed by atoms with Crippen molar-refractivity contribution in [3.05, 3.63) is 78.0 Å². The smallest absolute Gasteiger partial charge is 0.268 e. The van der Waals surface area contributed by atoms with Crippen molar-refractivity contribution in [2.45, 2.75) is 6.04 Å². The highest BCUT2D eigenvalue weighted by Crippen LogP contribution is 2.26. The molecule has 154 valence electrons. The Kier molecular flexibility index (Phi) is 5.18. The second-order valence-corrected chi connectivity index (χ2v) is 7.43. The van der Waals surface area contributed by atoms with Gasteiger partial charge in [0.1, 0.15) is 23.3 Å². The van der Waals surface area contributed by atoms with Gasteiger partial charge in [0.05, 0.1) is 7.11 Å². The number of nitrogens with one attached hydrogen (secondary N) is 2. The van der Waals surface area contributed by atoms with Gasteiger partial charge < -0.3 is 24.5 Å². The highest BCUT2D eigenvalue weighted by atomic mass is 16.5.